The number of hydrogen-bond donors (Lipinski definition) is 0. The van der Waals surface area contributed by atoms with Crippen LogP contribution in [0.15, 0.2) is 132 Å². The zero-order valence-electron chi connectivity index (χ0n) is 33.6. The van der Waals surface area contributed by atoms with E-state index in [4.69, 9.17) is 0 Å². The maximum atomic E-state index is 12.7. The predicted octanol–water partition coefficient (Wildman–Crippen LogP) is 7.51. The molecule has 0 spiro atoms. The fourth-order valence-corrected chi connectivity index (χ4v) is 10.4. The van der Waals surface area contributed by atoms with E-state index >= 15 is 0 Å². The Kier molecular flexibility index (Phi) is 13.6. The molecule has 4 aromatic carbocycles. The average Bonchev–Trinajstić information content (AvgIpc) is 3.84. The van der Waals surface area contributed by atoms with E-state index in [1.807, 2.05) is 61.5 Å². The number of alkyl halides is 3. The molecule has 8 rings (SSSR count). The minimum atomic E-state index is -4.29. The molecule has 0 aromatic heterocycles. The average molecular weight is 861 g/mol. The van der Waals surface area contributed by atoms with Crippen molar-refractivity contribution in [3.63, 3.8) is 0 Å². The molecule has 4 aromatic rings. The summed E-state index contributed by atoms with van der Waals surface area (Å²) >= 11 is 1.10. The van der Waals surface area contributed by atoms with E-state index in [0.717, 1.165) is 51.1 Å². The third-order valence-electron chi connectivity index (χ3n) is 14.2. The van der Waals surface area contributed by atoms with Gasteiger partial charge in [-0.3, -0.25) is 0 Å². The molecular formula is C49H53Cl2F3Zr-2. The number of halogens is 5. The van der Waals surface area contributed by atoms with E-state index in [1.54, 1.807) is 34.3 Å². The Bertz CT molecular complexity index is 2060. The molecule has 2 atom stereocenters. The van der Waals surface area contributed by atoms with Crippen molar-refractivity contribution in [2.24, 2.45) is 27.6 Å². The van der Waals surface area contributed by atoms with Gasteiger partial charge in [-0.25, -0.2) is 18.1 Å². The normalized spacial score (nSPS) is 22.2. The van der Waals surface area contributed by atoms with Gasteiger partial charge in [-0.15, -0.1) is 6.92 Å². The second kappa shape index (κ2) is 16.6. The number of fused-ring (bicyclic) bond motifs is 6. The molecule has 0 saturated heterocycles. The maximum Gasteiger partial charge on any atom is -0.172 e. The van der Waals surface area contributed by atoms with Gasteiger partial charge >= 0.3 is 124 Å². The van der Waals surface area contributed by atoms with Crippen molar-refractivity contribution in [1.29, 1.82) is 0 Å². The molecule has 290 valence electrons. The summed E-state index contributed by atoms with van der Waals surface area (Å²) in [5, 5.41) is 0. The quantitative estimate of drug-likeness (QED) is 0.183. The zero-order chi connectivity index (χ0) is 38.6. The standard InChI is InChI=1S/C29H37.C15H11F3.C5H5.2ClH.Zr/c1-18-25-22-17-19-13-9-10-14-20(19)24(22)21-15-11-12-16-23(21)29(25,8)28(6,7)27(4,5)26(18,2)3;1-11-5-7-12(8-6-11)9-13-3-2-4-14(10-13)15(16,17)18;1-2-4-5-3-1;;;/h9-11,13-15,23H,12,16-17H2,1-8H3;2-8,10H,1H3;1-5H;2*1H;/q-1;;-1;;;+2/p-2. The van der Waals surface area contributed by atoms with Gasteiger partial charge in [0.05, 0.1) is 0 Å². The molecule has 0 radical (unpaired) electrons. The number of rotatable bonds is 2. The van der Waals surface area contributed by atoms with Crippen LogP contribution in [-0.4, -0.2) is 3.21 Å². The van der Waals surface area contributed by atoms with Gasteiger partial charge in [0.15, 0.2) is 0 Å². The van der Waals surface area contributed by atoms with Crippen molar-refractivity contribution < 1.29 is 62.2 Å². The molecule has 2 unspecified atom stereocenters. The molecule has 0 N–H and O–H groups in total. The summed E-state index contributed by atoms with van der Waals surface area (Å²) in [6.45, 7) is 22.3. The second-order valence-corrected chi connectivity index (χ2v) is 18.3. The van der Waals surface area contributed by atoms with Gasteiger partial charge in [-0.2, -0.15) is 29.3 Å². The molecule has 0 amide bonds. The molecule has 4 aliphatic rings. The number of allylic oxidation sites excluding steroid dienone is 6. The molecule has 55 heavy (non-hydrogen) atoms. The van der Waals surface area contributed by atoms with Crippen LogP contribution in [0.5, 0.6) is 0 Å². The van der Waals surface area contributed by atoms with Crippen LogP contribution in [0.3, 0.4) is 0 Å². The van der Waals surface area contributed by atoms with Crippen LogP contribution in [0.1, 0.15) is 102 Å². The minimum absolute atomic E-state index is 0. The summed E-state index contributed by atoms with van der Waals surface area (Å²) in [6.07, 6.45) is 4.21. The summed E-state index contributed by atoms with van der Waals surface area (Å²) in [6, 6.07) is 32.5. The third kappa shape index (κ3) is 7.67. The van der Waals surface area contributed by atoms with Crippen molar-refractivity contribution in [3.8, 4) is 0 Å². The molecule has 4 aliphatic carbocycles. The Labute approximate surface area is 355 Å². The van der Waals surface area contributed by atoms with Crippen LogP contribution in [0.4, 0.5) is 13.2 Å². The molecule has 1 fully saturated rings. The van der Waals surface area contributed by atoms with Gasteiger partial charge in [0.1, 0.15) is 0 Å². The SMILES string of the molecule is C[C-]1C2=C3Cc4ccccc4C3=C3C=CCCC3C2(C)C(C)(C)C(C)(C)C1(C)C.Cc1ccc([C](=[Zr+2])c2cccc(C(F)(F)F)c2)cc1.[Cl-].[Cl-].c1cc[cH-]c1. The number of benzene rings is 3. The van der Waals surface area contributed by atoms with Gasteiger partial charge in [0, 0.05) is 0 Å². The van der Waals surface area contributed by atoms with Crippen molar-refractivity contribution in [1.82, 2.24) is 0 Å². The summed E-state index contributed by atoms with van der Waals surface area (Å²) < 4.78 is 39.0. The van der Waals surface area contributed by atoms with Gasteiger partial charge in [-0.1, -0.05) is 113 Å². The van der Waals surface area contributed by atoms with Crippen LogP contribution in [-0.2, 0) is 36.8 Å². The molecular weight excluding hydrogens is 808 g/mol. The zero-order valence-corrected chi connectivity index (χ0v) is 37.5. The Morgan fingerprint density at radius 1 is 0.800 bits per heavy atom. The van der Waals surface area contributed by atoms with Crippen LogP contribution >= 0.6 is 0 Å². The van der Waals surface area contributed by atoms with E-state index in [2.05, 4.69) is 91.8 Å². The van der Waals surface area contributed by atoms with Crippen molar-refractivity contribution in [2.45, 2.75) is 87.8 Å². The first-order valence-electron chi connectivity index (χ1n) is 18.9. The number of hydrogen-bond acceptors (Lipinski definition) is 0. The first-order valence-corrected chi connectivity index (χ1v) is 20.2. The molecule has 0 nitrogen and oxygen atoms in total. The topological polar surface area (TPSA) is 0 Å². The van der Waals surface area contributed by atoms with E-state index in [-0.39, 0.29) is 46.5 Å². The van der Waals surface area contributed by atoms with Crippen LogP contribution in [0.25, 0.3) is 5.57 Å². The molecule has 0 aliphatic heterocycles. The minimum Gasteiger partial charge on any atom is -1.00 e. The van der Waals surface area contributed by atoms with Crippen LogP contribution < -0.4 is 24.8 Å². The molecule has 0 bridgehead atoms. The smallest absolute Gasteiger partial charge is 0.172 e. The van der Waals surface area contributed by atoms with Gasteiger partial charge in [-0.05, 0) is 40.6 Å². The van der Waals surface area contributed by atoms with E-state index in [9.17, 15) is 13.2 Å². The summed E-state index contributed by atoms with van der Waals surface area (Å²) in [7, 11) is 0. The number of aryl methyl sites for hydroxylation is 1. The summed E-state index contributed by atoms with van der Waals surface area (Å²) in [5.74, 6) is 2.24. The molecule has 6 heteroatoms. The fourth-order valence-electron chi connectivity index (χ4n) is 9.63. The summed E-state index contributed by atoms with van der Waals surface area (Å²) in [4.78, 5) is 0. The molecule has 0 heterocycles. The van der Waals surface area contributed by atoms with Crippen molar-refractivity contribution in [2.75, 3.05) is 0 Å². The van der Waals surface area contributed by atoms with E-state index < -0.39 is 11.7 Å². The monoisotopic (exact) mass is 858 g/mol. The van der Waals surface area contributed by atoms with Gasteiger partial charge < -0.3 is 24.8 Å². The van der Waals surface area contributed by atoms with Gasteiger partial charge in [0.25, 0.3) is 0 Å². The second-order valence-electron chi connectivity index (χ2n) is 17.0. The maximum absolute atomic E-state index is 12.7. The molecule has 1 saturated carbocycles. The van der Waals surface area contributed by atoms with Crippen LogP contribution in [0, 0.1) is 40.4 Å². The predicted molar refractivity (Wildman–Crippen MR) is 212 cm³/mol. The first-order chi connectivity index (χ1) is 24.9. The Morgan fingerprint density at radius 2 is 1.44 bits per heavy atom. The first kappa shape index (κ1) is 44.9. The van der Waals surface area contributed by atoms with Gasteiger partial charge in [0.2, 0.25) is 0 Å². The fraction of sp³-hybridized carbons (Fsp3) is 0.367. The Hall–Kier alpha value is -2.78. The summed E-state index contributed by atoms with van der Waals surface area (Å²) in [5.41, 5.74) is 12.4. The third-order valence-corrected chi connectivity index (χ3v) is 15.6. The Balaban J connectivity index is 0.000000223. The Morgan fingerprint density at radius 3 is 2.04 bits per heavy atom. The van der Waals surface area contributed by atoms with E-state index in [0.29, 0.717) is 11.5 Å². The largest absolute Gasteiger partial charge is 1.00 e. The van der Waals surface area contributed by atoms with E-state index in [1.165, 1.54) is 36.1 Å². The van der Waals surface area contributed by atoms with Crippen molar-refractivity contribution >= 4 is 8.78 Å². The van der Waals surface area contributed by atoms with Crippen LogP contribution in [0.2, 0.25) is 0 Å². The van der Waals surface area contributed by atoms with Crippen molar-refractivity contribution in [3.05, 3.63) is 171 Å².